The molecule has 1 aliphatic carbocycles. The summed E-state index contributed by atoms with van der Waals surface area (Å²) in [5.41, 5.74) is 0. The molecule has 1 unspecified atom stereocenters. The summed E-state index contributed by atoms with van der Waals surface area (Å²) >= 11 is 0. The number of carbonyl (C=O) groups is 2. The van der Waals surface area contributed by atoms with E-state index in [0.29, 0.717) is 19.1 Å². The number of nitrogens with zero attached hydrogens (tertiary/aromatic N) is 2. The highest BCUT2D eigenvalue weighted by Gasteiger charge is 2.30. The minimum absolute atomic E-state index is 0.0196. The molecule has 0 aromatic carbocycles. The van der Waals surface area contributed by atoms with E-state index >= 15 is 0 Å². The zero-order valence-corrected chi connectivity index (χ0v) is 12.0. The van der Waals surface area contributed by atoms with Crippen LogP contribution >= 0.6 is 0 Å². The van der Waals surface area contributed by atoms with Crippen molar-refractivity contribution in [3.8, 4) is 0 Å². The average Bonchev–Trinajstić information content (AvgIpc) is 2.46. The lowest BCUT2D eigenvalue weighted by Crippen LogP contribution is -2.56. The van der Waals surface area contributed by atoms with Crippen LogP contribution in [-0.2, 0) is 9.59 Å². The van der Waals surface area contributed by atoms with Crippen LogP contribution in [0.1, 0.15) is 39.0 Å². The van der Waals surface area contributed by atoms with E-state index in [1.54, 1.807) is 0 Å². The van der Waals surface area contributed by atoms with E-state index in [1.165, 1.54) is 19.3 Å². The summed E-state index contributed by atoms with van der Waals surface area (Å²) in [4.78, 5) is 27.8. The molecule has 0 radical (unpaired) electrons. The zero-order chi connectivity index (χ0) is 13.8. The summed E-state index contributed by atoms with van der Waals surface area (Å²) in [6.45, 7) is 3.66. The molecule has 1 N–H and O–H groups in total. The van der Waals surface area contributed by atoms with Crippen LogP contribution in [0.15, 0.2) is 0 Å². The molecule has 2 amide bonds. The Morgan fingerprint density at radius 3 is 2.68 bits per heavy atom. The van der Waals surface area contributed by atoms with E-state index < -0.39 is 0 Å². The van der Waals surface area contributed by atoms with Gasteiger partial charge in [0.15, 0.2) is 0 Å². The van der Waals surface area contributed by atoms with Crippen molar-refractivity contribution >= 4 is 11.8 Å². The van der Waals surface area contributed by atoms with Crippen LogP contribution in [0.25, 0.3) is 0 Å². The normalized spacial score (nSPS) is 23.8. The lowest BCUT2D eigenvalue weighted by molar-refractivity contribution is -0.139. The smallest absolute Gasteiger partial charge is 0.239 e. The van der Waals surface area contributed by atoms with E-state index in [2.05, 4.69) is 5.32 Å². The Morgan fingerprint density at radius 1 is 1.37 bits per heavy atom. The van der Waals surface area contributed by atoms with Gasteiger partial charge < -0.3 is 10.2 Å². The van der Waals surface area contributed by atoms with E-state index in [9.17, 15) is 9.59 Å². The summed E-state index contributed by atoms with van der Waals surface area (Å²) in [6, 6.07) is 0.195. The lowest BCUT2D eigenvalue weighted by Gasteiger charge is -2.37. The summed E-state index contributed by atoms with van der Waals surface area (Å²) in [7, 11) is 1.92. The third kappa shape index (κ3) is 3.47. The first-order valence-corrected chi connectivity index (χ1v) is 7.37. The van der Waals surface area contributed by atoms with Gasteiger partial charge in [0.25, 0.3) is 0 Å². The summed E-state index contributed by atoms with van der Waals surface area (Å²) in [5.74, 6) is 0.174. The molecule has 0 spiro atoms. The van der Waals surface area contributed by atoms with Gasteiger partial charge in [-0.2, -0.15) is 0 Å². The molecule has 0 aromatic heterocycles. The Kier molecular flexibility index (Phi) is 4.80. The van der Waals surface area contributed by atoms with E-state index in [4.69, 9.17) is 0 Å². The fourth-order valence-corrected chi connectivity index (χ4v) is 3.09. The van der Waals surface area contributed by atoms with Crippen molar-refractivity contribution in [3.63, 3.8) is 0 Å². The molecular formula is C14H25N3O2. The predicted octanol–water partition coefficient (Wildman–Crippen LogP) is 0.598. The molecule has 1 atom stereocenters. The maximum Gasteiger partial charge on any atom is 0.239 e. The minimum atomic E-state index is -0.196. The third-order valence-corrected chi connectivity index (χ3v) is 4.44. The highest BCUT2D eigenvalue weighted by atomic mass is 16.2. The van der Waals surface area contributed by atoms with Crippen LogP contribution in [0.3, 0.4) is 0 Å². The molecule has 0 bridgehead atoms. The number of amides is 2. The Balaban J connectivity index is 1.91. The van der Waals surface area contributed by atoms with Gasteiger partial charge in [-0.1, -0.05) is 19.3 Å². The molecule has 5 heteroatoms. The number of piperazine rings is 1. The second kappa shape index (κ2) is 6.37. The fraction of sp³-hybridized carbons (Fsp3) is 0.857. The van der Waals surface area contributed by atoms with Crippen molar-refractivity contribution in [1.82, 2.24) is 15.1 Å². The van der Waals surface area contributed by atoms with Gasteiger partial charge in [0.2, 0.25) is 11.8 Å². The van der Waals surface area contributed by atoms with Crippen LogP contribution < -0.4 is 5.32 Å². The first-order valence-electron chi connectivity index (χ1n) is 7.37. The topological polar surface area (TPSA) is 52.7 Å². The summed E-state index contributed by atoms with van der Waals surface area (Å²) < 4.78 is 0. The number of hydrogen-bond acceptors (Lipinski definition) is 3. The largest absolute Gasteiger partial charge is 0.354 e. The fourth-order valence-electron chi connectivity index (χ4n) is 3.09. The molecule has 2 fully saturated rings. The summed E-state index contributed by atoms with van der Waals surface area (Å²) in [6.07, 6.45) is 5.98. The standard InChI is InChI=1S/C14H25N3O2/c1-11(17-9-8-15-13(18)10-17)14(19)16(2)12-6-4-3-5-7-12/h11-12H,3-10H2,1-2H3,(H,15,18). The van der Waals surface area contributed by atoms with Crippen LogP contribution in [0.2, 0.25) is 0 Å². The van der Waals surface area contributed by atoms with Gasteiger partial charge in [-0.3, -0.25) is 14.5 Å². The third-order valence-electron chi connectivity index (χ3n) is 4.44. The molecule has 0 aromatic rings. The van der Waals surface area contributed by atoms with Gasteiger partial charge >= 0.3 is 0 Å². The Labute approximate surface area is 115 Å². The van der Waals surface area contributed by atoms with Crippen molar-refractivity contribution in [1.29, 1.82) is 0 Å². The molecule has 108 valence electrons. The average molecular weight is 267 g/mol. The first-order chi connectivity index (χ1) is 9.09. The monoisotopic (exact) mass is 267 g/mol. The van der Waals surface area contributed by atoms with Gasteiger partial charge in [0.05, 0.1) is 12.6 Å². The highest BCUT2D eigenvalue weighted by Crippen LogP contribution is 2.22. The number of likely N-dealkylation sites (N-methyl/N-ethyl adjacent to an activating group) is 1. The van der Waals surface area contributed by atoms with Crippen LogP contribution in [0, 0.1) is 0 Å². The zero-order valence-electron chi connectivity index (χ0n) is 12.0. The SMILES string of the molecule is CC(C(=O)N(C)C1CCCCC1)N1CCNC(=O)C1. The van der Waals surface area contributed by atoms with E-state index in [-0.39, 0.29) is 17.9 Å². The van der Waals surface area contributed by atoms with Crippen molar-refractivity contribution in [2.24, 2.45) is 0 Å². The molecule has 2 aliphatic rings. The lowest BCUT2D eigenvalue weighted by atomic mass is 9.94. The second-order valence-corrected chi connectivity index (χ2v) is 5.74. The van der Waals surface area contributed by atoms with Crippen molar-refractivity contribution in [2.45, 2.75) is 51.1 Å². The van der Waals surface area contributed by atoms with E-state index in [0.717, 1.165) is 19.4 Å². The van der Waals surface area contributed by atoms with Crippen LogP contribution in [0.5, 0.6) is 0 Å². The van der Waals surface area contributed by atoms with Gasteiger partial charge in [0, 0.05) is 26.2 Å². The number of hydrogen-bond donors (Lipinski definition) is 1. The van der Waals surface area contributed by atoms with Crippen molar-refractivity contribution in [2.75, 3.05) is 26.7 Å². The first kappa shape index (κ1) is 14.3. The molecular weight excluding hydrogens is 242 g/mol. The number of rotatable bonds is 3. The highest BCUT2D eigenvalue weighted by molar-refractivity contribution is 5.84. The van der Waals surface area contributed by atoms with Crippen LogP contribution in [0.4, 0.5) is 0 Å². The molecule has 1 saturated heterocycles. The van der Waals surface area contributed by atoms with Crippen molar-refractivity contribution in [3.05, 3.63) is 0 Å². The van der Waals surface area contributed by atoms with Gasteiger partial charge in [-0.05, 0) is 19.8 Å². The minimum Gasteiger partial charge on any atom is -0.354 e. The Morgan fingerprint density at radius 2 is 2.05 bits per heavy atom. The van der Waals surface area contributed by atoms with Crippen molar-refractivity contribution < 1.29 is 9.59 Å². The summed E-state index contributed by atoms with van der Waals surface area (Å²) in [5, 5.41) is 2.79. The molecule has 1 saturated carbocycles. The molecule has 1 heterocycles. The molecule has 5 nitrogen and oxygen atoms in total. The van der Waals surface area contributed by atoms with Gasteiger partial charge in [-0.15, -0.1) is 0 Å². The quantitative estimate of drug-likeness (QED) is 0.814. The van der Waals surface area contributed by atoms with Gasteiger partial charge in [0.1, 0.15) is 0 Å². The maximum absolute atomic E-state index is 12.5. The number of nitrogens with one attached hydrogen (secondary N) is 1. The molecule has 1 aliphatic heterocycles. The maximum atomic E-state index is 12.5. The number of carbonyl (C=O) groups excluding carboxylic acids is 2. The Hall–Kier alpha value is -1.10. The Bertz CT molecular complexity index is 340. The van der Waals surface area contributed by atoms with E-state index in [1.807, 2.05) is 23.8 Å². The second-order valence-electron chi connectivity index (χ2n) is 5.74. The van der Waals surface area contributed by atoms with Crippen LogP contribution in [-0.4, -0.2) is 60.4 Å². The predicted molar refractivity (Wildman–Crippen MR) is 73.7 cm³/mol. The van der Waals surface area contributed by atoms with Gasteiger partial charge in [-0.25, -0.2) is 0 Å². The molecule has 2 rings (SSSR count). The molecule has 19 heavy (non-hydrogen) atoms.